The summed E-state index contributed by atoms with van der Waals surface area (Å²) in [6.07, 6.45) is -3.93. The van der Waals surface area contributed by atoms with Crippen molar-refractivity contribution in [3.63, 3.8) is 0 Å². The average molecular weight is 318 g/mol. The van der Waals surface area contributed by atoms with Crippen molar-refractivity contribution in [3.05, 3.63) is 28.2 Å². The van der Waals surface area contributed by atoms with Crippen LogP contribution in [0.4, 0.5) is 13.2 Å². The third kappa shape index (κ3) is 3.56. The van der Waals surface area contributed by atoms with Crippen LogP contribution < -0.4 is 4.74 Å². The molecule has 1 aromatic carbocycles. The molecule has 0 aliphatic carbocycles. The highest BCUT2D eigenvalue weighted by Gasteiger charge is 2.36. The van der Waals surface area contributed by atoms with Crippen LogP contribution in [-0.2, 0) is 6.18 Å². The van der Waals surface area contributed by atoms with E-state index in [9.17, 15) is 13.2 Å². The highest BCUT2D eigenvalue weighted by Crippen LogP contribution is 2.40. The minimum Gasteiger partial charge on any atom is -0.493 e. The Bertz CT molecular complexity index is 354. The summed E-state index contributed by atoms with van der Waals surface area (Å²) in [6, 6.07) is 4.12. The molecule has 16 heavy (non-hydrogen) atoms. The molecule has 0 unspecified atom stereocenters. The Morgan fingerprint density at radius 1 is 1.31 bits per heavy atom. The molecule has 0 atom stereocenters. The first-order valence-electron chi connectivity index (χ1n) is 4.51. The maximum atomic E-state index is 12.7. The monoisotopic (exact) mass is 316 g/mol. The van der Waals surface area contributed by atoms with Gasteiger partial charge in [0.05, 0.1) is 6.61 Å². The zero-order valence-electron chi connectivity index (χ0n) is 8.15. The lowest BCUT2D eigenvalue weighted by molar-refractivity contribution is -0.139. The van der Waals surface area contributed by atoms with E-state index >= 15 is 0 Å². The maximum absolute atomic E-state index is 12.7. The molecule has 0 heterocycles. The summed E-state index contributed by atoms with van der Waals surface area (Å²) in [5, 5.41) is 0. The Morgan fingerprint density at radius 2 is 2.00 bits per heavy atom. The summed E-state index contributed by atoms with van der Waals surface area (Å²) in [4.78, 5) is 0. The lowest BCUT2D eigenvalue weighted by Gasteiger charge is -2.15. The molecule has 0 N–H and O–H groups in total. The van der Waals surface area contributed by atoms with Gasteiger partial charge in [-0.1, -0.05) is 22.0 Å². The van der Waals surface area contributed by atoms with Crippen LogP contribution in [0.2, 0.25) is 0 Å². The number of hydrogen-bond donors (Lipinski definition) is 0. The first kappa shape index (κ1) is 13.6. The summed E-state index contributed by atoms with van der Waals surface area (Å²) in [6.45, 7) is 0.170. The van der Waals surface area contributed by atoms with Gasteiger partial charge in [-0.05, 0) is 18.6 Å². The van der Waals surface area contributed by atoms with Crippen molar-refractivity contribution in [3.8, 4) is 5.75 Å². The van der Waals surface area contributed by atoms with E-state index in [1.54, 1.807) is 0 Å². The van der Waals surface area contributed by atoms with E-state index in [0.717, 1.165) is 0 Å². The molecule has 0 amide bonds. The van der Waals surface area contributed by atoms with Gasteiger partial charge in [0.2, 0.25) is 0 Å². The normalized spacial score (nSPS) is 11.6. The van der Waals surface area contributed by atoms with E-state index in [0.29, 0.717) is 12.3 Å². The van der Waals surface area contributed by atoms with Gasteiger partial charge in [-0.25, -0.2) is 0 Å². The second-order valence-corrected chi connectivity index (χ2v) is 4.23. The third-order valence-corrected chi connectivity index (χ3v) is 2.72. The molecule has 0 aliphatic rings. The van der Waals surface area contributed by atoms with Crippen LogP contribution in [-0.4, -0.2) is 12.5 Å². The SMILES string of the molecule is FC(F)(F)c1c(Br)cccc1OCCCCl. The highest BCUT2D eigenvalue weighted by molar-refractivity contribution is 9.10. The van der Waals surface area contributed by atoms with E-state index in [2.05, 4.69) is 15.9 Å². The first-order valence-corrected chi connectivity index (χ1v) is 5.84. The van der Waals surface area contributed by atoms with Crippen molar-refractivity contribution < 1.29 is 17.9 Å². The quantitative estimate of drug-likeness (QED) is 0.588. The first-order chi connectivity index (χ1) is 7.46. The fourth-order valence-electron chi connectivity index (χ4n) is 1.14. The van der Waals surface area contributed by atoms with Gasteiger partial charge in [0.25, 0.3) is 0 Å². The lowest BCUT2D eigenvalue weighted by Crippen LogP contribution is -2.10. The Balaban J connectivity index is 2.95. The Morgan fingerprint density at radius 3 is 2.56 bits per heavy atom. The molecule has 6 heteroatoms. The summed E-state index contributed by atoms with van der Waals surface area (Å²) in [5.41, 5.74) is -0.787. The standard InChI is InChI=1S/C10H9BrClF3O/c11-7-3-1-4-8(16-6-2-5-12)9(7)10(13,14)15/h1,3-4H,2,5-6H2. The van der Waals surface area contributed by atoms with E-state index in [1.165, 1.54) is 18.2 Å². The van der Waals surface area contributed by atoms with Gasteiger partial charge in [0.15, 0.2) is 0 Å². The van der Waals surface area contributed by atoms with Gasteiger partial charge < -0.3 is 4.74 Å². The lowest BCUT2D eigenvalue weighted by atomic mass is 10.2. The Hall–Kier alpha value is -0.420. The van der Waals surface area contributed by atoms with Gasteiger partial charge in [0, 0.05) is 10.4 Å². The number of rotatable bonds is 4. The maximum Gasteiger partial charge on any atom is 0.421 e. The predicted molar refractivity (Wildman–Crippen MR) is 60.0 cm³/mol. The fraction of sp³-hybridized carbons (Fsp3) is 0.400. The number of benzene rings is 1. The van der Waals surface area contributed by atoms with Gasteiger partial charge in [-0.3, -0.25) is 0 Å². The van der Waals surface area contributed by atoms with Gasteiger partial charge in [-0.15, -0.1) is 11.6 Å². The molecule has 0 saturated heterocycles. The summed E-state index contributed by atoms with van der Waals surface area (Å²) in [5.74, 6) is 0.182. The molecule has 0 spiro atoms. The fourth-order valence-corrected chi connectivity index (χ4v) is 1.82. The molecule has 1 aromatic rings. The van der Waals surface area contributed by atoms with Crippen molar-refractivity contribution in [2.24, 2.45) is 0 Å². The molecule has 90 valence electrons. The number of halogens is 5. The molecule has 0 aromatic heterocycles. The van der Waals surface area contributed by atoms with E-state index < -0.39 is 11.7 Å². The molecule has 0 saturated carbocycles. The van der Waals surface area contributed by atoms with Gasteiger partial charge >= 0.3 is 6.18 Å². The van der Waals surface area contributed by atoms with Crippen molar-refractivity contribution in [1.29, 1.82) is 0 Å². The van der Waals surface area contributed by atoms with Crippen LogP contribution in [0.15, 0.2) is 22.7 Å². The zero-order chi connectivity index (χ0) is 12.2. The minimum absolute atomic E-state index is 0.0247. The van der Waals surface area contributed by atoms with Crippen molar-refractivity contribution in [2.45, 2.75) is 12.6 Å². The van der Waals surface area contributed by atoms with Gasteiger partial charge in [0.1, 0.15) is 11.3 Å². The van der Waals surface area contributed by atoms with Crippen LogP contribution in [0.3, 0.4) is 0 Å². The number of ether oxygens (including phenoxy) is 1. The second kappa shape index (κ2) is 5.77. The molecular formula is C10H9BrClF3O. The predicted octanol–water partition coefficient (Wildman–Crippen LogP) is 4.48. The molecule has 0 aliphatic heterocycles. The third-order valence-electron chi connectivity index (χ3n) is 1.79. The Kier molecular flexibility index (Phi) is 4.92. The molecular weight excluding hydrogens is 308 g/mol. The molecule has 0 fully saturated rings. The van der Waals surface area contributed by atoms with Crippen LogP contribution in [0.5, 0.6) is 5.75 Å². The van der Waals surface area contributed by atoms with Crippen LogP contribution in [0, 0.1) is 0 Å². The number of hydrogen-bond acceptors (Lipinski definition) is 1. The van der Waals surface area contributed by atoms with Crippen molar-refractivity contribution >= 4 is 27.5 Å². The number of alkyl halides is 4. The molecule has 1 nitrogen and oxygen atoms in total. The van der Waals surface area contributed by atoms with Crippen LogP contribution >= 0.6 is 27.5 Å². The zero-order valence-corrected chi connectivity index (χ0v) is 10.5. The molecule has 0 bridgehead atoms. The summed E-state index contributed by atoms with van der Waals surface area (Å²) < 4.78 is 43.1. The highest BCUT2D eigenvalue weighted by atomic mass is 79.9. The largest absolute Gasteiger partial charge is 0.493 e. The van der Waals surface area contributed by atoms with Crippen LogP contribution in [0.1, 0.15) is 12.0 Å². The summed E-state index contributed by atoms with van der Waals surface area (Å²) >= 11 is 8.28. The van der Waals surface area contributed by atoms with Gasteiger partial charge in [-0.2, -0.15) is 13.2 Å². The van der Waals surface area contributed by atoms with Crippen molar-refractivity contribution in [2.75, 3.05) is 12.5 Å². The Labute approximate surface area is 105 Å². The van der Waals surface area contributed by atoms with E-state index in [1.807, 2.05) is 0 Å². The van der Waals surface area contributed by atoms with Crippen molar-refractivity contribution in [1.82, 2.24) is 0 Å². The molecule has 1 rings (SSSR count). The van der Waals surface area contributed by atoms with E-state index in [-0.39, 0.29) is 16.8 Å². The topological polar surface area (TPSA) is 9.23 Å². The minimum atomic E-state index is -4.43. The van der Waals surface area contributed by atoms with Crippen LogP contribution in [0.25, 0.3) is 0 Å². The second-order valence-electron chi connectivity index (χ2n) is 3.00. The van der Waals surface area contributed by atoms with E-state index in [4.69, 9.17) is 16.3 Å². The summed E-state index contributed by atoms with van der Waals surface area (Å²) in [7, 11) is 0. The molecule has 0 radical (unpaired) electrons. The average Bonchev–Trinajstić information content (AvgIpc) is 2.16. The smallest absolute Gasteiger partial charge is 0.421 e.